The van der Waals surface area contributed by atoms with Crippen molar-refractivity contribution in [2.75, 3.05) is 51.9 Å². The molecule has 1 aliphatic rings. The molecule has 1 unspecified atom stereocenters. The zero-order chi connectivity index (χ0) is 29.4. The minimum absolute atomic E-state index is 0.0223. The molecule has 1 fully saturated rings. The SMILES string of the molecule is CCOc1ccc(NC(=O)N2CCN(C(=O)c3nc(-c4ccccc4)nc(C)c3C(=O)OCCOC)CC2C)cc1. The largest absolute Gasteiger partial charge is 0.494 e. The summed E-state index contributed by atoms with van der Waals surface area (Å²) in [5, 5.41) is 2.90. The first-order valence-corrected chi connectivity index (χ1v) is 13.5. The summed E-state index contributed by atoms with van der Waals surface area (Å²) in [6.07, 6.45) is 0. The van der Waals surface area contributed by atoms with E-state index in [1.807, 2.05) is 44.2 Å². The fourth-order valence-corrected chi connectivity index (χ4v) is 4.57. The number of amides is 3. The van der Waals surface area contributed by atoms with Crippen LogP contribution >= 0.6 is 0 Å². The number of nitrogens with one attached hydrogen (secondary N) is 1. The first-order chi connectivity index (χ1) is 19.8. The molecule has 11 nitrogen and oxygen atoms in total. The van der Waals surface area contributed by atoms with Gasteiger partial charge >= 0.3 is 12.0 Å². The van der Waals surface area contributed by atoms with Crippen LogP contribution in [0.15, 0.2) is 54.6 Å². The van der Waals surface area contributed by atoms with E-state index in [1.54, 1.807) is 41.0 Å². The molecule has 1 saturated heterocycles. The van der Waals surface area contributed by atoms with E-state index in [2.05, 4.69) is 15.3 Å². The highest BCUT2D eigenvalue weighted by molar-refractivity contribution is 6.05. The van der Waals surface area contributed by atoms with Gasteiger partial charge in [0.2, 0.25) is 0 Å². The van der Waals surface area contributed by atoms with Crippen molar-refractivity contribution in [3.63, 3.8) is 0 Å². The topological polar surface area (TPSA) is 123 Å². The smallest absolute Gasteiger partial charge is 0.342 e. The molecule has 0 radical (unpaired) electrons. The van der Waals surface area contributed by atoms with Crippen LogP contribution in [0, 0.1) is 6.92 Å². The molecule has 1 aliphatic heterocycles. The van der Waals surface area contributed by atoms with E-state index in [4.69, 9.17) is 14.2 Å². The van der Waals surface area contributed by atoms with Crippen LogP contribution in [0.2, 0.25) is 0 Å². The Hall–Kier alpha value is -4.51. The Kier molecular flexibility index (Phi) is 9.86. The Labute approximate surface area is 239 Å². The summed E-state index contributed by atoms with van der Waals surface area (Å²) in [5.74, 6) is -0.0571. The van der Waals surface area contributed by atoms with Crippen molar-refractivity contribution in [1.82, 2.24) is 19.8 Å². The highest BCUT2D eigenvalue weighted by atomic mass is 16.6. The van der Waals surface area contributed by atoms with Crippen LogP contribution in [0.25, 0.3) is 11.4 Å². The Balaban J connectivity index is 1.52. The van der Waals surface area contributed by atoms with Gasteiger partial charge in [-0.15, -0.1) is 0 Å². The molecule has 1 aromatic heterocycles. The van der Waals surface area contributed by atoms with Gasteiger partial charge in [-0.1, -0.05) is 30.3 Å². The second kappa shape index (κ2) is 13.7. The number of hydrogen-bond donors (Lipinski definition) is 1. The third-order valence-corrected chi connectivity index (χ3v) is 6.64. The number of hydrogen-bond acceptors (Lipinski definition) is 8. The molecule has 0 aliphatic carbocycles. The molecule has 3 aromatic rings. The maximum Gasteiger partial charge on any atom is 0.342 e. The first kappa shape index (κ1) is 29.5. The Morgan fingerprint density at radius 2 is 1.73 bits per heavy atom. The standard InChI is InChI=1S/C30H35N5O6/c1-5-40-24-13-11-23(12-14-24)32-30(38)35-16-15-34(19-20(35)2)28(36)26-25(29(37)41-18-17-39-4)21(3)31-27(33-26)22-9-7-6-8-10-22/h6-14,20H,5,15-19H2,1-4H3,(H,32,38). The molecule has 2 heterocycles. The number of ether oxygens (including phenoxy) is 3. The van der Waals surface area contributed by atoms with E-state index in [9.17, 15) is 14.4 Å². The molecule has 216 valence electrons. The predicted octanol–water partition coefficient (Wildman–Crippen LogP) is 4.03. The second-order valence-corrected chi connectivity index (χ2v) is 9.53. The van der Waals surface area contributed by atoms with Crippen LogP contribution in [0.1, 0.15) is 40.4 Å². The molecule has 1 N–H and O–H groups in total. The van der Waals surface area contributed by atoms with Crippen molar-refractivity contribution >= 4 is 23.6 Å². The van der Waals surface area contributed by atoms with Crippen LogP contribution in [-0.4, -0.2) is 90.3 Å². The summed E-state index contributed by atoms with van der Waals surface area (Å²) in [5.41, 5.74) is 1.69. The molecule has 11 heteroatoms. The highest BCUT2D eigenvalue weighted by Gasteiger charge is 2.34. The Morgan fingerprint density at radius 3 is 2.39 bits per heavy atom. The van der Waals surface area contributed by atoms with Crippen molar-refractivity contribution in [1.29, 1.82) is 0 Å². The molecular formula is C30H35N5O6. The average Bonchev–Trinajstić information content (AvgIpc) is 2.98. The molecule has 1 atom stereocenters. The number of benzene rings is 2. The lowest BCUT2D eigenvalue weighted by atomic mass is 10.1. The van der Waals surface area contributed by atoms with Crippen LogP contribution in [0.5, 0.6) is 5.75 Å². The summed E-state index contributed by atoms with van der Waals surface area (Å²) in [4.78, 5) is 52.3. The van der Waals surface area contributed by atoms with E-state index < -0.39 is 11.9 Å². The number of anilines is 1. The zero-order valence-electron chi connectivity index (χ0n) is 23.8. The van der Waals surface area contributed by atoms with Crippen molar-refractivity contribution in [2.45, 2.75) is 26.8 Å². The number of aryl methyl sites for hydroxylation is 1. The van der Waals surface area contributed by atoms with Gasteiger partial charge in [0.15, 0.2) is 5.82 Å². The van der Waals surface area contributed by atoms with E-state index in [-0.39, 0.29) is 49.6 Å². The Morgan fingerprint density at radius 1 is 1.00 bits per heavy atom. The lowest BCUT2D eigenvalue weighted by Gasteiger charge is -2.39. The van der Waals surface area contributed by atoms with Crippen molar-refractivity contribution < 1.29 is 28.6 Å². The maximum atomic E-state index is 13.9. The van der Waals surface area contributed by atoms with Crippen LogP contribution in [0.3, 0.4) is 0 Å². The van der Waals surface area contributed by atoms with Gasteiger partial charge in [0.1, 0.15) is 23.6 Å². The van der Waals surface area contributed by atoms with Crippen molar-refractivity contribution in [2.24, 2.45) is 0 Å². The summed E-state index contributed by atoms with van der Waals surface area (Å²) < 4.78 is 15.8. The summed E-state index contributed by atoms with van der Waals surface area (Å²) >= 11 is 0. The number of piperazine rings is 1. The molecular weight excluding hydrogens is 526 g/mol. The fraction of sp³-hybridized carbons (Fsp3) is 0.367. The summed E-state index contributed by atoms with van der Waals surface area (Å²) in [6, 6.07) is 15.8. The van der Waals surface area contributed by atoms with Gasteiger partial charge in [-0.25, -0.2) is 19.6 Å². The maximum absolute atomic E-state index is 13.9. The molecule has 41 heavy (non-hydrogen) atoms. The number of nitrogens with zero attached hydrogens (tertiary/aromatic N) is 4. The molecule has 2 aromatic carbocycles. The van der Waals surface area contributed by atoms with E-state index in [1.165, 1.54) is 7.11 Å². The molecule has 0 saturated carbocycles. The lowest BCUT2D eigenvalue weighted by Crippen LogP contribution is -2.56. The van der Waals surface area contributed by atoms with Gasteiger partial charge in [-0.05, 0) is 45.0 Å². The fourth-order valence-electron chi connectivity index (χ4n) is 4.57. The van der Waals surface area contributed by atoms with Crippen molar-refractivity contribution in [3.05, 3.63) is 71.5 Å². The van der Waals surface area contributed by atoms with Crippen molar-refractivity contribution in [3.8, 4) is 17.1 Å². The number of esters is 1. The van der Waals surface area contributed by atoms with E-state index >= 15 is 0 Å². The van der Waals surface area contributed by atoms with Crippen LogP contribution in [-0.2, 0) is 9.47 Å². The minimum atomic E-state index is -0.691. The number of methoxy groups -OCH3 is 1. The molecule has 4 rings (SSSR count). The predicted molar refractivity (Wildman–Crippen MR) is 153 cm³/mol. The molecule has 3 amide bonds. The summed E-state index contributed by atoms with van der Waals surface area (Å²) in [6.45, 7) is 7.08. The zero-order valence-corrected chi connectivity index (χ0v) is 23.8. The molecule has 0 bridgehead atoms. The number of rotatable bonds is 9. The lowest BCUT2D eigenvalue weighted by molar-refractivity contribution is 0.0378. The van der Waals surface area contributed by atoms with Gasteiger partial charge < -0.3 is 29.3 Å². The average molecular weight is 562 g/mol. The minimum Gasteiger partial charge on any atom is -0.494 e. The normalized spacial score (nSPS) is 14.9. The third kappa shape index (κ3) is 7.17. The van der Waals surface area contributed by atoms with Crippen LogP contribution < -0.4 is 10.1 Å². The quantitative estimate of drug-likeness (QED) is 0.307. The van der Waals surface area contributed by atoms with Crippen LogP contribution in [0.4, 0.5) is 10.5 Å². The van der Waals surface area contributed by atoms with Gasteiger partial charge in [-0.3, -0.25) is 4.79 Å². The third-order valence-electron chi connectivity index (χ3n) is 6.64. The van der Waals surface area contributed by atoms with Gasteiger partial charge in [0.05, 0.1) is 18.9 Å². The van der Waals surface area contributed by atoms with Gasteiger partial charge in [0.25, 0.3) is 5.91 Å². The molecule has 0 spiro atoms. The number of carbonyl (C=O) groups excluding carboxylic acids is 3. The second-order valence-electron chi connectivity index (χ2n) is 9.53. The van der Waals surface area contributed by atoms with E-state index in [0.717, 1.165) is 5.75 Å². The monoisotopic (exact) mass is 561 g/mol. The number of carbonyl (C=O) groups is 3. The summed E-state index contributed by atoms with van der Waals surface area (Å²) in [7, 11) is 1.50. The number of aromatic nitrogens is 2. The van der Waals surface area contributed by atoms with Gasteiger partial charge in [0, 0.05) is 44.0 Å². The highest BCUT2D eigenvalue weighted by Crippen LogP contribution is 2.23. The number of urea groups is 1. The van der Waals surface area contributed by atoms with E-state index in [0.29, 0.717) is 35.9 Å². The van der Waals surface area contributed by atoms with Gasteiger partial charge in [-0.2, -0.15) is 0 Å². The Bertz CT molecular complexity index is 1370. The first-order valence-electron chi connectivity index (χ1n) is 13.5.